The van der Waals surface area contributed by atoms with Gasteiger partial charge >= 0.3 is 0 Å². The van der Waals surface area contributed by atoms with Crippen molar-refractivity contribution in [2.45, 2.75) is 58.0 Å². The molecule has 0 atom stereocenters. The summed E-state index contributed by atoms with van der Waals surface area (Å²) in [6.07, 6.45) is 6.92. The van der Waals surface area contributed by atoms with Crippen molar-refractivity contribution in [1.82, 2.24) is 25.2 Å². The summed E-state index contributed by atoms with van der Waals surface area (Å²) in [5, 5.41) is 11.6. The van der Waals surface area contributed by atoms with Crippen LogP contribution in [0.25, 0.3) is 11.3 Å². The molecule has 156 valence electrons. The van der Waals surface area contributed by atoms with E-state index in [4.69, 9.17) is 4.52 Å². The molecule has 8 nitrogen and oxygen atoms in total. The first-order valence-electron chi connectivity index (χ1n) is 10.2. The largest absolute Gasteiger partial charge is 0.361 e. The van der Waals surface area contributed by atoms with Crippen LogP contribution in [0.2, 0.25) is 0 Å². The molecule has 30 heavy (non-hydrogen) atoms. The van der Waals surface area contributed by atoms with Crippen LogP contribution < -0.4 is 10.9 Å². The number of aryl methyl sites for hydroxylation is 2. The minimum Gasteiger partial charge on any atom is -0.361 e. The Morgan fingerprint density at radius 2 is 2.00 bits per heavy atom. The standard InChI is InChI=1S/C22H25N5O3/c1-14-19(15(2)30-26-14)12-21(28)24-17-5-7-18(8-6-17)27-22(29)10-9-20(25-27)16-4-3-11-23-13-16/h3-4,9-11,13,17-18H,5-8,12H2,1-2H3,(H,24,28). The van der Waals surface area contributed by atoms with Crippen LogP contribution in [-0.2, 0) is 11.2 Å². The first-order valence-corrected chi connectivity index (χ1v) is 10.2. The molecule has 0 spiro atoms. The fourth-order valence-electron chi connectivity index (χ4n) is 4.01. The highest BCUT2D eigenvalue weighted by atomic mass is 16.5. The number of carbonyl (C=O) groups is 1. The molecule has 1 fully saturated rings. The lowest BCUT2D eigenvalue weighted by Gasteiger charge is -2.29. The van der Waals surface area contributed by atoms with Crippen molar-refractivity contribution in [3.8, 4) is 11.3 Å². The molecule has 3 aromatic heterocycles. The summed E-state index contributed by atoms with van der Waals surface area (Å²) in [5.74, 6) is 0.659. The van der Waals surface area contributed by atoms with Crippen LogP contribution in [0.1, 0.15) is 48.7 Å². The second kappa shape index (κ2) is 8.61. The molecule has 0 radical (unpaired) electrons. The van der Waals surface area contributed by atoms with Gasteiger partial charge in [0.2, 0.25) is 5.91 Å². The monoisotopic (exact) mass is 407 g/mol. The number of nitrogens with one attached hydrogen (secondary N) is 1. The molecule has 0 saturated heterocycles. The molecule has 0 unspecified atom stereocenters. The smallest absolute Gasteiger partial charge is 0.267 e. The molecular weight excluding hydrogens is 382 g/mol. The van der Waals surface area contributed by atoms with E-state index in [9.17, 15) is 9.59 Å². The molecule has 1 N–H and O–H groups in total. The van der Waals surface area contributed by atoms with Crippen molar-refractivity contribution in [1.29, 1.82) is 0 Å². The van der Waals surface area contributed by atoms with Crippen LogP contribution in [0, 0.1) is 13.8 Å². The lowest BCUT2D eigenvalue weighted by Crippen LogP contribution is -2.40. The summed E-state index contributed by atoms with van der Waals surface area (Å²) >= 11 is 0. The van der Waals surface area contributed by atoms with E-state index in [-0.39, 0.29) is 30.0 Å². The van der Waals surface area contributed by atoms with E-state index in [0.29, 0.717) is 5.76 Å². The Morgan fingerprint density at radius 3 is 2.67 bits per heavy atom. The molecule has 0 aliphatic heterocycles. The van der Waals surface area contributed by atoms with Gasteiger partial charge in [0.25, 0.3) is 5.56 Å². The van der Waals surface area contributed by atoms with Gasteiger partial charge in [-0.05, 0) is 57.7 Å². The Labute approximate surface area is 174 Å². The highest BCUT2D eigenvalue weighted by molar-refractivity contribution is 5.79. The van der Waals surface area contributed by atoms with Gasteiger partial charge in [0.1, 0.15) is 5.76 Å². The molecule has 1 aliphatic carbocycles. The van der Waals surface area contributed by atoms with Gasteiger partial charge in [-0.15, -0.1) is 0 Å². The molecule has 8 heteroatoms. The zero-order valence-corrected chi connectivity index (χ0v) is 17.2. The quantitative estimate of drug-likeness (QED) is 0.698. The van der Waals surface area contributed by atoms with Crippen molar-refractivity contribution >= 4 is 5.91 Å². The zero-order chi connectivity index (χ0) is 21.1. The zero-order valence-electron chi connectivity index (χ0n) is 17.2. The number of pyridine rings is 1. The Kier molecular flexibility index (Phi) is 5.74. The second-order valence-corrected chi connectivity index (χ2v) is 7.80. The van der Waals surface area contributed by atoms with E-state index >= 15 is 0 Å². The molecule has 0 bridgehead atoms. The van der Waals surface area contributed by atoms with Crippen LogP contribution in [-0.4, -0.2) is 31.9 Å². The van der Waals surface area contributed by atoms with Gasteiger partial charge < -0.3 is 9.84 Å². The normalized spacial score (nSPS) is 18.9. The number of aromatic nitrogens is 4. The van der Waals surface area contributed by atoms with Crippen molar-refractivity contribution in [2.24, 2.45) is 0 Å². The Morgan fingerprint density at radius 1 is 1.20 bits per heavy atom. The molecule has 0 aromatic carbocycles. The molecule has 1 aliphatic rings. The van der Waals surface area contributed by atoms with Crippen LogP contribution in [0.4, 0.5) is 0 Å². The molecule has 4 rings (SSSR count). The lowest BCUT2D eigenvalue weighted by molar-refractivity contribution is -0.121. The fraction of sp³-hybridized carbons (Fsp3) is 0.409. The Balaban J connectivity index is 1.38. The third kappa shape index (κ3) is 4.32. The average Bonchev–Trinajstić information content (AvgIpc) is 3.07. The first kappa shape index (κ1) is 20.0. The Bertz CT molecular complexity index is 1060. The molecular formula is C22H25N5O3. The SMILES string of the molecule is Cc1noc(C)c1CC(=O)NC1CCC(n2nc(-c3cccnc3)ccc2=O)CC1. The maximum absolute atomic E-state index is 12.4. The molecule has 1 amide bonds. The van der Waals surface area contributed by atoms with Gasteiger partial charge in [-0.1, -0.05) is 5.16 Å². The summed E-state index contributed by atoms with van der Waals surface area (Å²) < 4.78 is 6.72. The third-order valence-electron chi connectivity index (χ3n) is 5.71. The predicted molar refractivity (Wildman–Crippen MR) is 111 cm³/mol. The van der Waals surface area contributed by atoms with Crippen molar-refractivity contribution in [3.63, 3.8) is 0 Å². The van der Waals surface area contributed by atoms with E-state index in [1.54, 1.807) is 29.2 Å². The van der Waals surface area contributed by atoms with Gasteiger partial charge in [-0.25, -0.2) is 4.68 Å². The lowest BCUT2D eigenvalue weighted by atomic mass is 9.91. The van der Waals surface area contributed by atoms with Crippen LogP contribution in [0.5, 0.6) is 0 Å². The number of carbonyl (C=O) groups excluding carboxylic acids is 1. The van der Waals surface area contributed by atoms with Crippen molar-refractivity contribution < 1.29 is 9.32 Å². The predicted octanol–water partition coefficient (Wildman–Crippen LogP) is 2.75. The maximum atomic E-state index is 12.4. The van der Waals surface area contributed by atoms with Gasteiger partial charge in [-0.2, -0.15) is 5.10 Å². The number of amides is 1. The average molecular weight is 407 g/mol. The summed E-state index contributed by atoms with van der Waals surface area (Å²) in [4.78, 5) is 29.0. The number of hydrogen-bond acceptors (Lipinski definition) is 6. The molecule has 3 aromatic rings. The van der Waals surface area contributed by atoms with E-state index in [1.165, 1.54) is 0 Å². The highest BCUT2D eigenvalue weighted by Gasteiger charge is 2.25. The number of nitrogens with zero attached hydrogens (tertiary/aromatic N) is 4. The number of hydrogen-bond donors (Lipinski definition) is 1. The second-order valence-electron chi connectivity index (χ2n) is 7.80. The van der Waals surface area contributed by atoms with Gasteiger partial charge in [0.15, 0.2) is 0 Å². The fourth-order valence-corrected chi connectivity index (χ4v) is 4.01. The first-order chi connectivity index (χ1) is 14.5. The van der Waals surface area contributed by atoms with Gasteiger partial charge in [0.05, 0.1) is 23.9 Å². The van der Waals surface area contributed by atoms with E-state index in [1.807, 2.05) is 26.0 Å². The van der Waals surface area contributed by atoms with Crippen LogP contribution in [0.3, 0.4) is 0 Å². The van der Waals surface area contributed by atoms with Crippen LogP contribution >= 0.6 is 0 Å². The van der Waals surface area contributed by atoms with Gasteiger partial charge in [-0.3, -0.25) is 14.6 Å². The minimum absolute atomic E-state index is 0.0262. The summed E-state index contributed by atoms with van der Waals surface area (Å²) in [5.41, 5.74) is 3.12. The number of rotatable bonds is 5. The minimum atomic E-state index is -0.103. The summed E-state index contributed by atoms with van der Waals surface area (Å²) in [6.45, 7) is 3.66. The highest BCUT2D eigenvalue weighted by Crippen LogP contribution is 2.28. The Hall–Kier alpha value is -3.29. The third-order valence-corrected chi connectivity index (χ3v) is 5.71. The summed E-state index contributed by atoms with van der Waals surface area (Å²) in [7, 11) is 0. The van der Waals surface area contributed by atoms with Crippen LogP contribution in [0.15, 0.2) is 46.0 Å². The van der Waals surface area contributed by atoms with E-state index < -0.39 is 0 Å². The summed E-state index contributed by atoms with van der Waals surface area (Å²) in [6, 6.07) is 7.21. The maximum Gasteiger partial charge on any atom is 0.267 e. The molecule has 3 heterocycles. The topological polar surface area (TPSA) is 103 Å². The van der Waals surface area contributed by atoms with Crippen molar-refractivity contribution in [3.05, 3.63) is 64.0 Å². The van der Waals surface area contributed by atoms with Crippen molar-refractivity contribution in [2.75, 3.05) is 0 Å². The van der Waals surface area contributed by atoms with E-state index in [2.05, 4.69) is 20.6 Å². The van der Waals surface area contributed by atoms with Gasteiger partial charge in [0, 0.05) is 35.6 Å². The van der Waals surface area contributed by atoms with E-state index in [0.717, 1.165) is 48.2 Å². The molecule has 1 saturated carbocycles.